The molecule has 3 heterocycles. The lowest BCUT2D eigenvalue weighted by atomic mass is 10.1. The summed E-state index contributed by atoms with van der Waals surface area (Å²) >= 11 is 0. The summed E-state index contributed by atoms with van der Waals surface area (Å²) in [6.45, 7) is 0.621. The molecule has 4 rings (SSSR count). The fourth-order valence-electron chi connectivity index (χ4n) is 3.38. The van der Waals surface area contributed by atoms with Crippen LogP contribution >= 0.6 is 0 Å². The Morgan fingerprint density at radius 2 is 1.97 bits per heavy atom. The average Bonchev–Trinajstić information content (AvgIpc) is 3.25. The van der Waals surface area contributed by atoms with Gasteiger partial charge in [0.25, 0.3) is 5.89 Å². The predicted octanol–water partition coefficient (Wildman–Crippen LogP) is 2.28. The number of rotatable bonds is 7. The van der Waals surface area contributed by atoms with Gasteiger partial charge in [-0.3, -0.25) is 9.69 Å². The van der Waals surface area contributed by atoms with Crippen molar-refractivity contribution in [1.29, 1.82) is 0 Å². The summed E-state index contributed by atoms with van der Waals surface area (Å²) in [5.74, 6) is -1.03. The number of carbonyl (C=O) groups excluding carboxylic acids is 2. The third-order valence-corrected chi connectivity index (χ3v) is 5.11. The number of aromatic nitrogens is 2. The number of fused-ring (bicyclic) bond motifs is 1. The number of methoxy groups -OCH3 is 1. The van der Waals surface area contributed by atoms with Crippen LogP contribution in [0.5, 0.6) is 5.88 Å². The van der Waals surface area contributed by atoms with Crippen LogP contribution < -0.4 is 15.0 Å². The average molecular weight is 451 g/mol. The monoisotopic (exact) mass is 451 g/mol. The predicted molar refractivity (Wildman–Crippen MR) is 115 cm³/mol. The zero-order chi connectivity index (χ0) is 23.5. The van der Waals surface area contributed by atoms with Crippen molar-refractivity contribution >= 4 is 23.8 Å². The van der Waals surface area contributed by atoms with Crippen LogP contribution in [0.25, 0.3) is 0 Å². The lowest BCUT2D eigenvalue weighted by Crippen LogP contribution is -2.44. The molecule has 0 radical (unpaired) electrons. The van der Waals surface area contributed by atoms with E-state index < -0.39 is 11.9 Å². The summed E-state index contributed by atoms with van der Waals surface area (Å²) < 4.78 is 10.6. The van der Waals surface area contributed by atoms with E-state index in [4.69, 9.17) is 14.3 Å². The first kappa shape index (κ1) is 21.8. The number of nitrogens with one attached hydrogen (secondary N) is 1. The minimum atomic E-state index is -1.02. The maximum Gasteiger partial charge on any atom is 0.335 e. The van der Waals surface area contributed by atoms with Gasteiger partial charge in [0.15, 0.2) is 0 Å². The van der Waals surface area contributed by atoms with E-state index in [9.17, 15) is 14.4 Å². The molecule has 3 aromatic rings. The van der Waals surface area contributed by atoms with Crippen LogP contribution in [-0.4, -0.2) is 52.0 Å². The van der Waals surface area contributed by atoms with Gasteiger partial charge in [0.1, 0.15) is 5.69 Å². The van der Waals surface area contributed by atoms with Gasteiger partial charge in [-0.25, -0.2) is 19.6 Å². The van der Waals surface area contributed by atoms with Gasteiger partial charge in [-0.15, -0.1) is 0 Å². The zero-order valence-electron chi connectivity index (χ0n) is 17.9. The molecule has 2 N–H and O–H groups in total. The number of urea groups is 1. The van der Waals surface area contributed by atoms with Crippen LogP contribution in [-0.2, 0) is 19.6 Å². The summed E-state index contributed by atoms with van der Waals surface area (Å²) in [6.07, 6.45) is 1.58. The fraction of sp³-hybridized carbons (Fsp3) is 0.227. The van der Waals surface area contributed by atoms with E-state index in [0.29, 0.717) is 11.6 Å². The lowest BCUT2D eigenvalue weighted by molar-refractivity contribution is 0.0696. The third kappa shape index (κ3) is 4.61. The van der Waals surface area contributed by atoms with Crippen LogP contribution in [0.4, 0.5) is 10.7 Å². The first-order chi connectivity index (χ1) is 15.9. The molecule has 170 valence electrons. The van der Waals surface area contributed by atoms with Crippen LogP contribution in [0.1, 0.15) is 37.9 Å². The van der Waals surface area contributed by atoms with Crippen molar-refractivity contribution in [2.45, 2.75) is 19.6 Å². The molecule has 33 heavy (non-hydrogen) atoms. The topological polar surface area (TPSA) is 138 Å². The standard InChI is InChI=1S/C22H21N5O6/c1-26-20-16(12-27(22(26)31)11-13-3-5-15(6-4-13)21(29)30)25-19(33-20)18(28)24-10-14-7-8-23-17(9-14)32-2/h3-9H,10-12H2,1-2H3,(H,24,28)(H,29,30). The fourth-order valence-corrected chi connectivity index (χ4v) is 3.38. The summed E-state index contributed by atoms with van der Waals surface area (Å²) in [4.78, 5) is 47.5. The smallest absolute Gasteiger partial charge is 0.335 e. The van der Waals surface area contributed by atoms with Crippen molar-refractivity contribution in [1.82, 2.24) is 20.2 Å². The number of nitrogens with zero attached hydrogens (tertiary/aromatic N) is 4. The number of oxazole rings is 1. The van der Waals surface area contributed by atoms with E-state index in [1.54, 1.807) is 30.5 Å². The molecule has 0 saturated heterocycles. The molecule has 11 heteroatoms. The molecule has 0 bridgehead atoms. The van der Waals surface area contributed by atoms with E-state index in [0.717, 1.165) is 11.1 Å². The molecular weight excluding hydrogens is 430 g/mol. The van der Waals surface area contributed by atoms with E-state index in [1.807, 2.05) is 0 Å². The first-order valence-corrected chi connectivity index (χ1v) is 9.97. The quantitative estimate of drug-likeness (QED) is 0.558. The molecule has 0 spiro atoms. The van der Waals surface area contributed by atoms with Gasteiger partial charge in [-0.1, -0.05) is 12.1 Å². The SMILES string of the molecule is COc1cc(CNC(=O)c2nc3c(o2)N(C)C(=O)N(Cc2ccc(C(=O)O)cc2)C3)ccn1. The Balaban J connectivity index is 1.45. The number of benzene rings is 1. The molecule has 0 atom stereocenters. The Morgan fingerprint density at radius 1 is 1.21 bits per heavy atom. The molecule has 11 nitrogen and oxygen atoms in total. The molecule has 0 unspecified atom stereocenters. The van der Waals surface area contributed by atoms with Gasteiger partial charge in [0.05, 0.1) is 19.2 Å². The molecular formula is C22H21N5O6. The molecule has 0 saturated carbocycles. The number of hydrogen-bond acceptors (Lipinski definition) is 7. The van der Waals surface area contributed by atoms with Crippen molar-refractivity contribution in [3.8, 4) is 5.88 Å². The second-order valence-electron chi connectivity index (χ2n) is 7.36. The highest BCUT2D eigenvalue weighted by Gasteiger charge is 2.33. The summed E-state index contributed by atoms with van der Waals surface area (Å²) in [7, 11) is 3.05. The number of hydrogen-bond donors (Lipinski definition) is 2. The molecule has 1 aromatic carbocycles. The number of carbonyl (C=O) groups is 3. The second-order valence-corrected chi connectivity index (χ2v) is 7.36. The largest absolute Gasteiger partial charge is 0.481 e. The first-order valence-electron chi connectivity index (χ1n) is 9.97. The van der Waals surface area contributed by atoms with Gasteiger partial charge < -0.3 is 24.5 Å². The van der Waals surface area contributed by atoms with E-state index in [1.165, 1.54) is 36.1 Å². The Labute approximate surface area is 188 Å². The Hall–Kier alpha value is -4.41. The van der Waals surface area contributed by atoms with Gasteiger partial charge in [0, 0.05) is 32.4 Å². The van der Waals surface area contributed by atoms with Crippen molar-refractivity contribution in [2.24, 2.45) is 0 Å². The van der Waals surface area contributed by atoms with Crippen molar-refractivity contribution < 1.29 is 28.6 Å². The molecule has 1 aliphatic rings. The van der Waals surface area contributed by atoms with Crippen molar-refractivity contribution in [3.05, 3.63) is 70.9 Å². The number of carboxylic acids is 1. The summed E-state index contributed by atoms with van der Waals surface area (Å²) in [5.41, 5.74) is 2.17. The van der Waals surface area contributed by atoms with Crippen LogP contribution in [0.2, 0.25) is 0 Å². The van der Waals surface area contributed by atoms with Gasteiger partial charge >= 0.3 is 17.9 Å². The Morgan fingerprint density at radius 3 is 2.67 bits per heavy atom. The van der Waals surface area contributed by atoms with Gasteiger partial charge in [-0.05, 0) is 29.3 Å². The van der Waals surface area contributed by atoms with Crippen molar-refractivity contribution in [3.63, 3.8) is 0 Å². The number of amides is 3. The number of aromatic carboxylic acids is 1. The van der Waals surface area contributed by atoms with E-state index >= 15 is 0 Å². The molecule has 0 aliphatic carbocycles. The zero-order valence-corrected chi connectivity index (χ0v) is 17.9. The van der Waals surface area contributed by atoms with E-state index in [2.05, 4.69) is 15.3 Å². The number of carboxylic acid groups (broad SMARTS) is 1. The lowest BCUT2D eigenvalue weighted by Gasteiger charge is -2.31. The number of anilines is 1. The number of ether oxygens (including phenoxy) is 1. The number of pyridine rings is 1. The van der Waals surface area contributed by atoms with Crippen LogP contribution in [0, 0.1) is 0 Å². The summed E-state index contributed by atoms with van der Waals surface area (Å²) in [5, 5.41) is 11.7. The highest BCUT2D eigenvalue weighted by Crippen LogP contribution is 2.29. The molecule has 2 aromatic heterocycles. The maximum absolute atomic E-state index is 12.8. The van der Waals surface area contributed by atoms with E-state index in [-0.39, 0.29) is 43.0 Å². The van der Waals surface area contributed by atoms with Gasteiger partial charge in [-0.2, -0.15) is 0 Å². The van der Waals surface area contributed by atoms with Crippen LogP contribution in [0.15, 0.2) is 47.0 Å². The minimum absolute atomic E-state index is 0.145. The normalized spacial score (nSPS) is 13.0. The van der Waals surface area contributed by atoms with Crippen molar-refractivity contribution in [2.75, 3.05) is 19.1 Å². The summed E-state index contributed by atoms with van der Waals surface area (Å²) in [6, 6.07) is 9.41. The maximum atomic E-state index is 12.8. The Kier molecular flexibility index (Phi) is 5.94. The molecule has 0 fully saturated rings. The molecule has 3 amide bonds. The van der Waals surface area contributed by atoms with Crippen LogP contribution in [0.3, 0.4) is 0 Å². The second kappa shape index (κ2) is 8.99. The molecule has 1 aliphatic heterocycles. The highest BCUT2D eigenvalue weighted by molar-refractivity contribution is 5.94. The minimum Gasteiger partial charge on any atom is -0.481 e. The third-order valence-electron chi connectivity index (χ3n) is 5.11. The highest BCUT2D eigenvalue weighted by atomic mass is 16.5. The Bertz CT molecular complexity index is 1210. The van der Waals surface area contributed by atoms with Gasteiger partial charge in [0.2, 0.25) is 11.8 Å².